The molecule has 9 heteroatoms. The number of ether oxygens (including phenoxy) is 1. The Bertz CT molecular complexity index is 599. The Kier molecular flexibility index (Phi) is 7.66. The van der Waals surface area contributed by atoms with E-state index < -0.39 is 16.6 Å². The van der Waals surface area contributed by atoms with Gasteiger partial charge in [0.05, 0.1) is 0 Å². The Morgan fingerprint density at radius 3 is 2.74 bits per heavy atom. The molecule has 23 heavy (non-hydrogen) atoms. The number of nitrogens with zero attached hydrogens (tertiary/aromatic N) is 1. The predicted octanol–water partition coefficient (Wildman–Crippen LogP) is 2.33. The van der Waals surface area contributed by atoms with E-state index in [4.69, 9.17) is 0 Å². The Hall–Kier alpha value is -0.960. The van der Waals surface area contributed by atoms with E-state index in [1.54, 1.807) is 0 Å². The molecular weight excluding hydrogens is 350 g/mol. The average Bonchev–Trinajstić information content (AvgIpc) is 2.48. The van der Waals surface area contributed by atoms with Crippen molar-refractivity contribution in [2.45, 2.75) is 24.3 Å². The lowest BCUT2D eigenvalue weighted by molar-refractivity contribution is -0.0518. The van der Waals surface area contributed by atoms with Crippen LogP contribution < -0.4 is 10.1 Å². The molecule has 1 aromatic carbocycles. The fourth-order valence-corrected chi connectivity index (χ4v) is 4.37. The van der Waals surface area contributed by atoms with Gasteiger partial charge in [-0.05, 0) is 44.5 Å². The third-order valence-electron chi connectivity index (χ3n) is 3.66. The molecule has 2 rings (SSSR count). The molecular formula is C14H21ClF2N2O3S. The van der Waals surface area contributed by atoms with E-state index in [-0.39, 0.29) is 29.0 Å². The van der Waals surface area contributed by atoms with Crippen LogP contribution in [0.3, 0.4) is 0 Å². The van der Waals surface area contributed by atoms with E-state index in [9.17, 15) is 17.2 Å². The van der Waals surface area contributed by atoms with Crippen molar-refractivity contribution in [3.63, 3.8) is 0 Å². The van der Waals surface area contributed by atoms with Crippen LogP contribution in [0.15, 0.2) is 29.2 Å². The zero-order chi connectivity index (χ0) is 16.2. The summed E-state index contributed by atoms with van der Waals surface area (Å²) in [7, 11) is -2.02. The minimum Gasteiger partial charge on any atom is -0.433 e. The lowest BCUT2D eigenvalue weighted by Gasteiger charge is -2.32. The molecule has 0 amide bonds. The van der Waals surface area contributed by atoms with E-state index in [2.05, 4.69) is 10.1 Å². The summed E-state index contributed by atoms with van der Waals surface area (Å²) in [4.78, 5) is -0.208. The van der Waals surface area contributed by atoms with Crippen LogP contribution in [-0.2, 0) is 10.0 Å². The minimum atomic E-state index is -3.84. The summed E-state index contributed by atoms with van der Waals surface area (Å²) in [6.07, 6.45) is 1.70. The van der Waals surface area contributed by atoms with Crippen molar-refractivity contribution in [2.75, 3.05) is 26.7 Å². The molecule has 0 aromatic heterocycles. The first-order valence-electron chi connectivity index (χ1n) is 7.13. The van der Waals surface area contributed by atoms with Crippen molar-refractivity contribution in [3.05, 3.63) is 24.3 Å². The molecule has 132 valence electrons. The van der Waals surface area contributed by atoms with Gasteiger partial charge in [0.15, 0.2) is 0 Å². The van der Waals surface area contributed by atoms with Crippen molar-refractivity contribution >= 4 is 22.4 Å². The molecule has 1 aromatic rings. The van der Waals surface area contributed by atoms with Crippen LogP contribution in [0.4, 0.5) is 8.78 Å². The first-order chi connectivity index (χ1) is 10.4. The number of alkyl halides is 2. The summed E-state index contributed by atoms with van der Waals surface area (Å²) < 4.78 is 56.0. The molecule has 1 unspecified atom stereocenters. The second-order valence-electron chi connectivity index (χ2n) is 5.25. The second-order valence-corrected chi connectivity index (χ2v) is 7.16. The summed E-state index contributed by atoms with van der Waals surface area (Å²) in [5.74, 6) is -0.0926. The van der Waals surface area contributed by atoms with Crippen LogP contribution in [0.25, 0.3) is 0 Å². The highest BCUT2D eigenvalue weighted by Crippen LogP contribution is 2.30. The number of halogens is 3. The Morgan fingerprint density at radius 2 is 2.09 bits per heavy atom. The zero-order valence-corrected chi connectivity index (χ0v) is 14.4. The number of nitrogens with one attached hydrogen (secondary N) is 1. The quantitative estimate of drug-likeness (QED) is 0.835. The van der Waals surface area contributed by atoms with Crippen molar-refractivity contribution < 1.29 is 21.9 Å². The highest BCUT2D eigenvalue weighted by atomic mass is 35.5. The van der Waals surface area contributed by atoms with Gasteiger partial charge in [-0.1, -0.05) is 12.1 Å². The van der Waals surface area contributed by atoms with Crippen molar-refractivity contribution in [1.82, 2.24) is 9.62 Å². The topological polar surface area (TPSA) is 58.6 Å². The summed E-state index contributed by atoms with van der Waals surface area (Å²) in [5, 5.41) is 3.04. The third-order valence-corrected chi connectivity index (χ3v) is 5.56. The third kappa shape index (κ3) is 5.00. The van der Waals surface area contributed by atoms with Gasteiger partial charge in [0.1, 0.15) is 10.6 Å². The van der Waals surface area contributed by atoms with Crippen LogP contribution in [0.1, 0.15) is 12.8 Å². The Balaban J connectivity index is 0.00000264. The summed E-state index contributed by atoms with van der Waals surface area (Å²) in [6.45, 7) is -1.56. The van der Waals surface area contributed by atoms with E-state index in [1.165, 1.54) is 28.6 Å². The molecule has 0 spiro atoms. The number of rotatable bonds is 6. The Labute approximate surface area is 141 Å². The highest BCUT2D eigenvalue weighted by Gasteiger charge is 2.32. The van der Waals surface area contributed by atoms with Crippen molar-refractivity contribution in [1.29, 1.82) is 0 Å². The van der Waals surface area contributed by atoms with Crippen LogP contribution in [0, 0.1) is 5.92 Å². The van der Waals surface area contributed by atoms with Crippen molar-refractivity contribution in [2.24, 2.45) is 5.92 Å². The first kappa shape index (κ1) is 20.1. The molecule has 1 heterocycles. The maximum Gasteiger partial charge on any atom is 0.387 e. The van der Waals surface area contributed by atoms with Gasteiger partial charge in [-0.25, -0.2) is 8.42 Å². The SMILES string of the molecule is CNCC1CCCN(S(=O)(=O)c2ccccc2OC(F)F)C1.Cl. The zero-order valence-electron chi connectivity index (χ0n) is 12.7. The number of hydrogen-bond donors (Lipinski definition) is 1. The molecule has 0 radical (unpaired) electrons. The monoisotopic (exact) mass is 370 g/mol. The van der Waals surface area contributed by atoms with Gasteiger partial charge in [-0.2, -0.15) is 13.1 Å². The second kappa shape index (κ2) is 8.77. The van der Waals surface area contributed by atoms with E-state index in [0.29, 0.717) is 13.1 Å². The summed E-state index contributed by atoms with van der Waals surface area (Å²) >= 11 is 0. The average molecular weight is 371 g/mol. The highest BCUT2D eigenvalue weighted by molar-refractivity contribution is 7.89. The lowest BCUT2D eigenvalue weighted by Crippen LogP contribution is -2.42. The van der Waals surface area contributed by atoms with E-state index >= 15 is 0 Å². The predicted molar refractivity (Wildman–Crippen MR) is 85.7 cm³/mol. The van der Waals surface area contributed by atoms with Crippen LogP contribution in [0.5, 0.6) is 5.75 Å². The number of hydrogen-bond acceptors (Lipinski definition) is 4. The number of para-hydroxylation sites is 1. The molecule has 5 nitrogen and oxygen atoms in total. The van der Waals surface area contributed by atoms with Gasteiger partial charge in [0.25, 0.3) is 0 Å². The van der Waals surface area contributed by atoms with E-state index in [1.807, 2.05) is 7.05 Å². The van der Waals surface area contributed by atoms with Gasteiger partial charge >= 0.3 is 6.61 Å². The summed E-state index contributed by atoms with van der Waals surface area (Å²) in [5.41, 5.74) is 0. The molecule has 0 aliphatic carbocycles. The number of piperidine rings is 1. The molecule has 1 fully saturated rings. The van der Waals surface area contributed by atoms with Gasteiger partial charge < -0.3 is 10.1 Å². The maximum atomic E-state index is 12.7. The minimum absolute atomic E-state index is 0. The fraction of sp³-hybridized carbons (Fsp3) is 0.571. The standard InChI is InChI=1S/C14H20F2N2O3S.ClH/c1-17-9-11-5-4-8-18(10-11)22(19,20)13-7-3-2-6-12(13)21-14(15)16;/h2-3,6-7,11,14,17H,4-5,8-10H2,1H3;1H. The largest absolute Gasteiger partial charge is 0.433 e. The Morgan fingerprint density at radius 1 is 1.39 bits per heavy atom. The fourth-order valence-electron chi connectivity index (χ4n) is 2.70. The molecule has 0 saturated carbocycles. The number of sulfonamides is 1. The first-order valence-corrected chi connectivity index (χ1v) is 8.57. The normalized spacial score (nSPS) is 19.4. The lowest BCUT2D eigenvalue weighted by atomic mass is 10.00. The van der Waals surface area contributed by atoms with Gasteiger partial charge in [-0.3, -0.25) is 0 Å². The molecule has 1 N–H and O–H groups in total. The van der Waals surface area contributed by atoms with E-state index in [0.717, 1.165) is 19.4 Å². The van der Waals surface area contributed by atoms with Gasteiger partial charge in [-0.15, -0.1) is 12.4 Å². The van der Waals surface area contributed by atoms with Crippen LogP contribution in [0.2, 0.25) is 0 Å². The molecule has 1 atom stereocenters. The van der Waals surface area contributed by atoms with Gasteiger partial charge in [0.2, 0.25) is 10.0 Å². The number of benzene rings is 1. The summed E-state index contributed by atoms with van der Waals surface area (Å²) in [6, 6.07) is 5.51. The molecule has 1 saturated heterocycles. The maximum absolute atomic E-state index is 12.7. The van der Waals surface area contributed by atoms with Crippen molar-refractivity contribution in [3.8, 4) is 5.75 Å². The van der Waals surface area contributed by atoms with Crippen LogP contribution in [-0.4, -0.2) is 46.0 Å². The van der Waals surface area contributed by atoms with Gasteiger partial charge in [0, 0.05) is 13.1 Å². The smallest absolute Gasteiger partial charge is 0.387 e. The molecule has 0 bridgehead atoms. The molecule has 1 aliphatic rings. The molecule has 1 aliphatic heterocycles. The van der Waals surface area contributed by atoms with Crippen LogP contribution >= 0.6 is 12.4 Å².